The van der Waals surface area contributed by atoms with Crippen molar-refractivity contribution in [1.29, 1.82) is 0 Å². The second kappa shape index (κ2) is 9.09. The molecular weight excluding hydrogens is 248 g/mol. The van der Waals surface area contributed by atoms with Gasteiger partial charge in [0, 0.05) is 11.6 Å². The van der Waals surface area contributed by atoms with Crippen LogP contribution in [-0.4, -0.2) is 13.2 Å². The van der Waals surface area contributed by atoms with Gasteiger partial charge in [-0.3, -0.25) is 0 Å². The van der Waals surface area contributed by atoms with Crippen molar-refractivity contribution in [2.24, 2.45) is 0 Å². The van der Waals surface area contributed by atoms with Crippen molar-refractivity contribution in [2.45, 2.75) is 45.4 Å². The topological polar surface area (TPSA) is 18.5 Å². The van der Waals surface area contributed by atoms with Crippen molar-refractivity contribution in [1.82, 2.24) is 0 Å². The van der Waals surface area contributed by atoms with Crippen LogP contribution in [0, 0.1) is 0 Å². The Bertz CT molecular complexity index is 339. The Kier molecular flexibility index (Phi) is 7.66. The molecule has 1 aromatic rings. The fourth-order valence-corrected chi connectivity index (χ4v) is 1.84. The van der Waals surface area contributed by atoms with Crippen LogP contribution in [0.4, 0.5) is 0 Å². The minimum Gasteiger partial charge on any atom is -0.493 e. The molecular formula is C15H23ClO2. The van der Waals surface area contributed by atoms with Gasteiger partial charge in [-0.15, -0.1) is 11.6 Å². The summed E-state index contributed by atoms with van der Waals surface area (Å²) in [5, 5.41) is 0. The average Bonchev–Trinajstić information content (AvgIpc) is 2.41. The van der Waals surface area contributed by atoms with Crippen molar-refractivity contribution in [3.63, 3.8) is 0 Å². The number of rotatable bonds is 9. The molecule has 18 heavy (non-hydrogen) atoms. The van der Waals surface area contributed by atoms with Gasteiger partial charge in [0.05, 0.1) is 19.1 Å². The summed E-state index contributed by atoms with van der Waals surface area (Å²) in [6.07, 6.45) is 4.48. The maximum Gasteiger partial charge on any atom is 0.127 e. The molecule has 0 saturated carbocycles. The summed E-state index contributed by atoms with van der Waals surface area (Å²) in [6, 6.07) is 5.87. The molecule has 102 valence electrons. The molecule has 0 aliphatic heterocycles. The van der Waals surface area contributed by atoms with Crippen LogP contribution < -0.4 is 9.47 Å². The molecule has 0 heterocycles. The van der Waals surface area contributed by atoms with E-state index in [2.05, 4.69) is 13.8 Å². The van der Waals surface area contributed by atoms with Gasteiger partial charge in [0.15, 0.2) is 0 Å². The predicted molar refractivity (Wildman–Crippen MR) is 76.8 cm³/mol. The molecule has 0 spiro atoms. The van der Waals surface area contributed by atoms with Crippen LogP contribution in [0.15, 0.2) is 18.2 Å². The van der Waals surface area contributed by atoms with Crippen LogP contribution in [-0.2, 0) is 5.88 Å². The Morgan fingerprint density at radius 1 is 1.00 bits per heavy atom. The van der Waals surface area contributed by atoms with Gasteiger partial charge in [-0.05, 0) is 18.9 Å². The van der Waals surface area contributed by atoms with E-state index in [4.69, 9.17) is 21.1 Å². The summed E-state index contributed by atoms with van der Waals surface area (Å²) in [6.45, 7) is 5.75. The third-order valence-electron chi connectivity index (χ3n) is 2.66. The van der Waals surface area contributed by atoms with Gasteiger partial charge in [0.25, 0.3) is 0 Å². The van der Waals surface area contributed by atoms with Crippen LogP contribution >= 0.6 is 11.6 Å². The minimum absolute atomic E-state index is 0.469. The molecule has 0 atom stereocenters. The molecule has 0 bridgehead atoms. The average molecular weight is 271 g/mol. The lowest BCUT2D eigenvalue weighted by atomic mass is 10.2. The second-order valence-electron chi connectivity index (χ2n) is 4.31. The summed E-state index contributed by atoms with van der Waals surface area (Å²) in [4.78, 5) is 0. The Morgan fingerprint density at radius 2 is 1.83 bits per heavy atom. The first-order chi connectivity index (χ1) is 8.81. The number of hydrogen-bond acceptors (Lipinski definition) is 2. The molecule has 0 aromatic heterocycles. The molecule has 0 N–H and O–H groups in total. The first-order valence-electron chi connectivity index (χ1n) is 6.76. The van der Waals surface area contributed by atoms with Crippen molar-refractivity contribution in [3.05, 3.63) is 23.8 Å². The van der Waals surface area contributed by atoms with E-state index in [0.29, 0.717) is 5.88 Å². The maximum atomic E-state index is 5.91. The maximum absolute atomic E-state index is 5.91. The van der Waals surface area contributed by atoms with E-state index in [9.17, 15) is 0 Å². The summed E-state index contributed by atoms with van der Waals surface area (Å²) >= 11 is 5.91. The van der Waals surface area contributed by atoms with Crippen molar-refractivity contribution >= 4 is 11.6 Å². The smallest absolute Gasteiger partial charge is 0.127 e. The van der Waals surface area contributed by atoms with E-state index in [1.807, 2.05) is 18.2 Å². The van der Waals surface area contributed by atoms with Crippen LogP contribution in [0.3, 0.4) is 0 Å². The third kappa shape index (κ3) is 5.18. The molecule has 0 aliphatic rings. The van der Waals surface area contributed by atoms with Crippen LogP contribution in [0.1, 0.15) is 45.1 Å². The minimum atomic E-state index is 0.469. The Labute approximate surface area is 115 Å². The molecule has 0 fully saturated rings. The van der Waals surface area contributed by atoms with Gasteiger partial charge in [-0.25, -0.2) is 0 Å². The van der Waals surface area contributed by atoms with Gasteiger partial charge in [-0.2, -0.15) is 0 Å². The van der Waals surface area contributed by atoms with Crippen LogP contribution in [0.25, 0.3) is 0 Å². The first-order valence-corrected chi connectivity index (χ1v) is 7.29. The van der Waals surface area contributed by atoms with Crippen LogP contribution in [0.5, 0.6) is 11.5 Å². The van der Waals surface area contributed by atoms with E-state index in [-0.39, 0.29) is 0 Å². The first kappa shape index (κ1) is 15.2. The lowest BCUT2D eigenvalue weighted by Crippen LogP contribution is -2.01. The fraction of sp³-hybridized carbons (Fsp3) is 0.600. The van der Waals surface area contributed by atoms with E-state index >= 15 is 0 Å². The van der Waals surface area contributed by atoms with Gasteiger partial charge in [-0.1, -0.05) is 32.8 Å². The zero-order valence-electron chi connectivity index (χ0n) is 11.4. The van der Waals surface area contributed by atoms with Crippen molar-refractivity contribution in [2.75, 3.05) is 13.2 Å². The summed E-state index contributed by atoms with van der Waals surface area (Å²) in [5.41, 5.74) is 1.03. The number of benzene rings is 1. The largest absolute Gasteiger partial charge is 0.493 e. The zero-order valence-corrected chi connectivity index (χ0v) is 12.1. The van der Waals surface area contributed by atoms with E-state index in [1.54, 1.807) is 0 Å². The monoisotopic (exact) mass is 270 g/mol. The highest BCUT2D eigenvalue weighted by Crippen LogP contribution is 2.26. The van der Waals surface area contributed by atoms with E-state index in [0.717, 1.165) is 43.1 Å². The molecule has 0 radical (unpaired) electrons. The summed E-state index contributed by atoms with van der Waals surface area (Å²) in [5.74, 6) is 2.18. The van der Waals surface area contributed by atoms with Gasteiger partial charge >= 0.3 is 0 Å². The summed E-state index contributed by atoms with van der Waals surface area (Å²) in [7, 11) is 0. The molecule has 0 saturated heterocycles. The van der Waals surface area contributed by atoms with Crippen LogP contribution in [0.2, 0.25) is 0 Å². The number of alkyl halides is 1. The van der Waals surface area contributed by atoms with Crippen molar-refractivity contribution < 1.29 is 9.47 Å². The normalized spacial score (nSPS) is 10.4. The standard InChI is InChI=1S/C15H23ClO2/c1-3-5-6-10-18-15-11-14(17-9-4-2)8-7-13(15)12-16/h7-8,11H,3-6,9-10,12H2,1-2H3. The highest BCUT2D eigenvalue weighted by Gasteiger charge is 2.05. The number of unbranched alkanes of at least 4 members (excludes halogenated alkanes) is 2. The van der Waals surface area contributed by atoms with Gasteiger partial charge < -0.3 is 9.47 Å². The van der Waals surface area contributed by atoms with Gasteiger partial charge in [0.1, 0.15) is 11.5 Å². The number of ether oxygens (including phenoxy) is 2. The fourth-order valence-electron chi connectivity index (χ4n) is 1.62. The van der Waals surface area contributed by atoms with E-state index < -0.39 is 0 Å². The second-order valence-corrected chi connectivity index (χ2v) is 4.57. The molecule has 3 heteroatoms. The molecule has 0 amide bonds. The molecule has 2 nitrogen and oxygen atoms in total. The highest BCUT2D eigenvalue weighted by molar-refractivity contribution is 6.17. The highest BCUT2D eigenvalue weighted by atomic mass is 35.5. The molecule has 1 rings (SSSR count). The lowest BCUT2D eigenvalue weighted by molar-refractivity contribution is 0.294. The number of halogens is 1. The lowest BCUT2D eigenvalue weighted by Gasteiger charge is -2.12. The van der Waals surface area contributed by atoms with E-state index in [1.165, 1.54) is 12.8 Å². The summed E-state index contributed by atoms with van der Waals surface area (Å²) < 4.78 is 11.4. The quantitative estimate of drug-likeness (QED) is 0.475. The molecule has 1 aromatic carbocycles. The SMILES string of the molecule is CCCCCOc1cc(OCCC)ccc1CCl. The van der Waals surface area contributed by atoms with Crippen molar-refractivity contribution in [3.8, 4) is 11.5 Å². The Balaban J connectivity index is 2.60. The predicted octanol–water partition coefficient (Wildman–Crippen LogP) is 4.78. The molecule has 0 aliphatic carbocycles. The Hall–Kier alpha value is -0.890. The third-order valence-corrected chi connectivity index (χ3v) is 2.95. The zero-order chi connectivity index (χ0) is 13.2. The Morgan fingerprint density at radius 3 is 2.50 bits per heavy atom. The number of hydrogen-bond donors (Lipinski definition) is 0. The molecule has 0 unspecified atom stereocenters. The van der Waals surface area contributed by atoms with Gasteiger partial charge in [0.2, 0.25) is 0 Å².